The number of nitro benzene ring substituents is 1. The molecule has 1 aliphatic rings. The number of non-ortho nitro benzene ring substituents is 1. The molecular weight excluding hydrogens is 516 g/mol. The molecule has 1 aliphatic heterocycles. The Balaban J connectivity index is 1.68. The predicted octanol–water partition coefficient (Wildman–Crippen LogP) is 4.81. The maximum Gasteiger partial charge on any atom is 0.270 e. The molecule has 1 atom stereocenters. The van der Waals surface area contributed by atoms with Gasteiger partial charge in [0.2, 0.25) is 11.7 Å². The van der Waals surface area contributed by atoms with Crippen molar-refractivity contribution >= 4 is 23.2 Å². The molecular formula is C28H26N6O6. The normalized spacial score (nSPS) is 14.2. The smallest absolute Gasteiger partial charge is 0.270 e. The van der Waals surface area contributed by atoms with E-state index < -0.39 is 11.0 Å². The molecule has 0 aliphatic carbocycles. The van der Waals surface area contributed by atoms with Crippen LogP contribution in [-0.2, 0) is 4.79 Å². The third-order valence-electron chi connectivity index (χ3n) is 6.45. The fraction of sp³-hybridized carbons (Fsp3) is 0.179. The number of carbonyl (C=O) groups excluding carboxylic acids is 1. The van der Waals surface area contributed by atoms with E-state index >= 15 is 0 Å². The lowest BCUT2D eigenvalue weighted by Gasteiger charge is -2.29. The van der Waals surface area contributed by atoms with Crippen LogP contribution in [0.5, 0.6) is 17.2 Å². The van der Waals surface area contributed by atoms with Crippen LogP contribution >= 0.6 is 0 Å². The van der Waals surface area contributed by atoms with E-state index in [1.54, 1.807) is 48.0 Å². The minimum atomic E-state index is -0.770. The minimum Gasteiger partial charge on any atom is -0.493 e. The van der Waals surface area contributed by atoms with E-state index in [0.717, 1.165) is 0 Å². The van der Waals surface area contributed by atoms with Gasteiger partial charge in [-0.3, -0.25) is 14.9 Å². The van der Waals surface area contributed by atoms with Crippen LogP contribution in [-0.4, -0.2) is 46.9 Å². The maximum absolute atomic E-state index is 13.8. The largest absolute Gasteiger partial charge is 0.493 e. The number of nitrogens with zero attached hydrogens (tertiary/aromatic N) is 4. The van der Waals surface area contributed by atoms with Crippen molar-refractivity contribution < 1.29 is 23.9 Å². The molecule has 12 nitrogen and oxygen atoms in total. The van der Waals surface area contributed by atoms with Crippen molar-refractivity contribution in [3.8, 4) is 28.6 Å². The van der Waals surface area contributed by atoms with E-state index in [2.05, 4.69) is 15.6 Å². The van der Waals surface area contributed by atoms with Crippen molar-refractivity contribution in [3.63, 3.8) is 0 Å². The number of nitro groups is 1. The Morgan fingerprint density at radius 3 is 2.33 bits per heavy atom. The summed E-state index contributed by atoms with van der Waals surface area (Å²) in [4.78, 5) is 29.3. The van der Waals surface area contributed by atoms with E-state index in [4.69, 9.17) is 19.3 Å². The third-order valence-corrected chi connectivity index (χ3v) is 6.45. The number of aromatic nitrogens is 3. The van der Waals surface area contributed by atoms with Crippen molar-refractivity contribution in [1.29, 1.82) is 0 Å². The van der Waals surface area contributed by atoms with Gasteiger partial charge in [-0.25, -0.2) is 4.68 Å². The lowest BCUT2D eigenvalue weighted by molar-refractivity contribution is -0.384. The Hall–Kier alpha value is -5.39. The summed E-state index contributed by atoms with van der Waals surface area (Å²) in [6.07, 6.45) is 0. The third kappa shape index (κ3) is 4.77. The van der Waals surface area contributed by atoms with Crippen LogP contribution in [0.3, 0.4) is 0 Å². The van der Waals surface area contributed by atoms with Crippen LogP contribution in [0.25, 0.3) is 11.4 Å². The van der Waals surface area contributed by atoms with E-state index in [1.807, 2.05) is 18.2 Å². The first-order chi connectivity index (χ1) is 19.3. The standard InChI is InChI=1S/C28H26N6O6/c1-16-23(27(35)30-19-10-6-5-7-11-19)24(18-14-21(38-2)25(40-4)22(15-18)39-3)33-28(29-16)31-26(32-33)17-9-8-12-20(13-17)34(36)37/h5-15,24H,1-4H3,(H,30,35)(H,29,31,32). The topological polar surface area (TPSA) is 143 Å². The van der Waals surface area contributed by atoms with Gasteiger partial charge in [-0.15, -0.1) is 5.10 Å². The zero-order valence-electron chi connectivity index (χ0n) is 22.2. The highest BCUT2D eigenvalue weighted by molar-refractivity contribution is 6.06. The Bertz CT molecular complexity index is 1610. The van der Waals surface area contributed by atoms with Gasteiger partial charge in [-0.2, -0.15) is 4.98 Å². The molecule has 40 heavy (non-hydrogen) atoms. The molecule has 1 aromatic heterocycles. The molecule has 0 spiro atoms. The average molecular weight is 543 g/mol. The fourth-order valence-corrected chi connectivity index (χ4v) is 4.61. The number of carbonyl (C=O) groups is 1. The summed E-state index contributed by atoms with van der Waals surface area (Å²) in [6.45, 7) is 1.77. The highest BCUT2D eigenvalue weighted by Gasteiger charge is 2.36. The summed E-state index contributed by atoms with van der Waals surface area (Å²) in [6, 6.07) is 17.9. The zero-order chi connectivity index (χ0) is 28.4. The molecule has 0 bridgehead atoms. The first-order valence-electron chi connectivity index (χ1n) is 12.2. The molecule has 12 heteroatoms. The molecule has 0 saturated carbocycles. The second-order valence-electron chi connectivity index (χ2n) is 8.86. The molecule has 2 heterocycles. The van der Waals surface area contributed by atoms with Gasteiger partial charge in [0.1, 0.15) is 6.04 Å². The first kappa shape index (κ1) is 26.2. The summed E-state index contributed by atoms with van der Waals surface area (Å²) in [5, 5.41) is 22.2. The second-order valence-corrected chi connectivity index (χ2v) is 8.86. The van der Waals surface area contributed by atoms with Crippen molar-refractivity contribution in [2.45, 2.75) is 13.0 Å². The van der Waals surface area contributed by atoms with E-state index in [-0.39, 0.29) is 17.4 Å². The molecule has 4 aromatic rings. The lowest BCUT2D eigenvalue weighted by Crippen LogP contribution is -2.31. The molecule has 0 saturated heterocycles. The number of para-hydroxylation sites is 1. The molecule has 5 rings (SSSR count). The Morgan fingerprint density at radius 1 is 1.00 bits per heavy atom. The van der Waals surface area contributed by atoms with Crippen LogP contribution in [0.1, 0.15) is 18.5 Å². The van der Waals surface area contributed by atoms with Gasteiger partial charge in [0, 0.05) is 29.1 Å². The highest BCUT2D eigenvalue weighted by Crippen LogP contribution is 2.44. The number of rotatable bonds is 8. The monoisotopic (exact) mass is 542 g/mol. The summed E-state index contributed by atoms with van der Waals surface area (Å²) < 4.78 is 18.2. The SMILES string of the molecule is COc1cc(C2C(C(=O)Nc3ccccc3)=C(C)Nc3nc(-c4cccc([N+](=O)[O-])c4)nn32)cc(OC)c1OC. The zero-order valence-corrected chi connectivity index (χ0v) is 22.2. The van der Waals surface area contributed by atoms with E-state index in [1.165, 1.54) is 33.5 Å². The maximum atomic E-state index is 13.8. The van der Waals surface area contributed by atoms with Gasteiger partial charge in [-0.05, 0) is 36.8 Å². The second kappa shape index (κ2) is 10.8. The molecule has 2 N–H and O–H groups in total. The van der Waals surface area contributed by atoms with Gasteiger partial charge >= 0.3 is 0 Å². The molecule has 204 valence electrons. The van der Waals surface area contributed by atoms with Crippen LogP contribution in [0, 0.1) is 10.1 Å². The Morgan fingerprint density at radius 2 is 1.70 bits per heavy atom. The molecule has 0 fully saturated rings. The van der Waals surface area contributed by atoms with Crippen LogP contribution in [0.2, 0.25) is 0 Å². The molecule has 1 unspecified atom stereocenters. The van der Waals surface area contributed by atoms with Crippen molar-refractivity contribution in [3.05, 3.63) is 93.7 Å². The number of fused-ring (bicyclic) bond motifs is 1. The number of benzene rings is 3. The quantitative estimate of drug-likeness (QED) is 0.237. The van der Waals surface area contributed by atoms with Gasteiger partial charge in [0.15, 0.2) is 17.3 Å². The lowest BCUT2D eigenvalue weighted by atomic mass is 9.94. The predicted molar refractivity (Wildman–Crippen MR) is 148 cm³/mol. The average Bonchev–Trinajstić information content (AvgIpc) is 3.39. The summed E-state index contributed by atoms with van der Waals surface area (Å²) in [5.41, 5.74) is 2.54. The number of ether oxygens (including phenoxy) is 3. The van der Waals surface area contributed by atoms with Crippen molar-refractivity contribution in [2.24, 2.45) is 0 Å². The molecule has 3 aromatic carbocycles. The minimum absolute atomic E-state index is 0.0864. The van der Waals surface area contributed by atoms with Crippen LogP contribution in [0.4, 0.5) is 17.3 Å². The summed E-state index contributed by atoms with van der Waals surface area (Å²) in [7, 11) is 4.53. The van der Waals surface area contributed by atoms with Gasteiger partial charge in [-0.1, -0.05) is 30.3 Å². The summed E-state index contributed by atoms with van der Waals surface area (Å²) in [5.74, 6) is 1.45. The number of nitrogens with one attached hydrogen (secondary N) is 2. The van der Waals surface area contributed by atoms with Crippen LogP contribution in [0.15, 0.2) is 78.0 Å². The number of allylic oxidation sites excluding steroid dienone is 1. The fourth-order valence-electron chi connectivity index (χ4n) is 4.61. The first-order valence-corrected chi connectivity index (χ1v) is 12.2. The number of hydrogen-bond donors (Lipinski definition) is 2. The summed E-state index contributed by atoms with van der Waals surface area (Å²) >= 11 is 0. The van der Waals surface area contributed by atoms with Gasteiger partial charge in [0.05, 0.1) is 31.8 Å². The molecule has 1 amide bonds. The number of methoxy groups -OCH3 is 3. The highest BCUT2D eigenvalue weighted by atomic mass is 16.6. The van der Waals surface area contributed by atoms with E-state index in [0.29, 0.717) is 51.3 Å². The Labute approximate surface area is 229 Å². The molecule has 0 radical (unpaired) electrons. The van der Waals surface area contributed by atoms with Gasteiger partial charge in [0.25, 0.3) is 11.6 Å². The number of amides is 1. The number of anilines is 2. The number of hydrogen-bond acceptors (Lipinski definition) is 9. The Kier molecular flexibility index (Phi) is 7.06. The van der Waals surface area contributed by atoms with Gasteiger partial charge < -0.3 is 24.8 Å². The van der Waals surface area contributed by atoms with Crippen LogP contribution < -0.4 is 24.8 Å². The van der Waals surface area contributed by atoms with Crippen molar-refractivity contribution in [1.82, 2.24) is 14.8 Å². The van der Waals surface area contributed by atoms with Crippen molar-refractivity contribution in [2.75, 3.05) is 32.0 Å². The van der Waals surface area contributed by atoms with E-state index in [9.17, 15) is 14.9 Å².